The summed E-state index contributed by atoms with van der Waals surface area (Å²) in [6, 6.07) is 9.53. The van der Waals surface area contributed by atoms with Crippen LogP contribution in [0.2, 0.25) is 0 Å². The minimum absolute atomic E-state index is 0.310. The zero-order valence-corrected chi connectivity index (χ0v) is 7.27. The summed E-state index contributed by atoms with van der Waals surface area (Å²) >= 11 is 0. The van der Waals surface area contributed by atoms with Crippen LogP contribution in [0.3, 0.4) is 0 Å². The Kier molecular flexibility index (Phi) is 3.76. The maximum atomic E-state index is 10.9. The van der Waals surface area contributed by atoms with Crippen molar-refractivity contribution in [1.29, 1.82) is 0 Å². The largest absolute Gasteiger partial charge is 0.460 e. The van der Waals surface area contributed by atoms with Crippen LogP contribution in [-0.2, 0) is 16.1 Å². The molecule has 2 heteroatoms. The van der Waals surface area contributed by atoms with Gasteiger partial charge in [-0.2, -0.15) is 0 Å². The van der Waals surface area contributed by atoms with E-state index in [-0.39, 0.29) is 5.97 Å². The van der Waals surface area contributed by atoms with E-state index in [2.05, 4.69) is 6.58 Å². The monoisotopic (exact) mass is 175 g/mol. The first-order chi connectivity index (χ1) is 6.33. The molecular formula is C11H11O2. The van der Waals surface area contributed by atoms with Crippen molar-refractivity contribution in [1.82, 2.24) is 0 Å². The fourth-order valence-electron chi connectivity index (χ4n) is 0.873. The van der Waals surface area contributed by atoms with Crippen LogP contribution < -0.4 is 0 Å². The van der Waals surface area contributed by atoms with E-state index in [0.29, 0.717) is 6.61 Å². The quantitative estimate of drug-likeness (QED) is 0.655. The summed E-state index contributed by atoms with van der Waals surface area (Å²) in [6.07, 6.45) is 2.70. The lowest BCUT2D eigenvalue weighted by Crippen LogP contribution is -2.03. The van der Waals surface area contributed by atoms with E-state index in [4.69, 9.17) is 4.74 Å². The molecule has 0 fully saturated rings. The van der Waals surface area contributed by atoms with Gasteiger partial charge in [-0.25, -0.2) is 0 Å². The van der Waals surface area contributed by atoms with E-state index in [1.165, 1.54) is 12.5 Å². The molecule has 1 radical (unpaired) electrons. The SMILES string of the molecule is C=C[CH]C(=O)OCc1ccccc1. The molecule has 1 aromatic rings. The Labute approximate surface area is 77.8 Å². The second-order valence-corrected chi connectivity index (χ2v) is 2.50. The van der Waals surface area contributed by atoms with Gasteiger partial charge < -0.3 is 4.74 Å². The summed E-state index contributed by atoms with van der Waals surface area (Å²) in [4.78, 5) is 10.9. The zero-order valence-electron chi connectivity index (χ0n) is 7.27. The molecule has 0 unspecified atom stereocenters. The molecule has 0 spiro atoms. The third-order valence-corrected chi connectivity index (χ3v) is 1.48. The Morgan fingerprint density at radius 1 is 1.38 bits per heavy atom. The molecule has 1 rings (SSSR count). The van der Waals surface area contributed by atoms with Crippen molar-refractivity contribution < 1.29 is 9.53 Å². The van der Waals surface area contributed by atoms with Gasteiger partial charge in [0.25, 0.3) is 0 Å². The van der Waals surface area contributed by atoms with Crippen LogP contribution in [-0.4, -0.2) is 5.97 Å². The smallest absolute Gasteiger partial charge is 0.314 e. The summed E-state index contributed by atoms with van der Waals surface area (Å²) in [6.45, 7) is 3.71. The fourth-order valence-corrected chi connectivity index (χ4v) is 0.873. The molecule has 0 aliphatic rings. The minimum atomic E-state index is -0.362. The highest BCUT2D eigenvalue weighted by Gasteiger charge is 1.99. The van der Waals surface area contributed by atoms with Crippen LogP contribution in [0.4, 0.5) is 0 Å². The van der Waals surface area contributed by atoms with Gasteiger partial charge in [0.1, 0.15) is 6.61 Å². The van der Waals surface area contributed by atoms with Crippen molar-refractivity contribution in [3.8, 4) is 0 Å². The van der Waals surface area contributed by atoms with Gasteiger partial charge in [0.15, 0.2) is 0 Å². The van der Waals surface area contributed by atoms with Gasteiger partial charge in [0.05, 0.1) is 6.42 Å². The number of ether oxygens (including phenoxy) is 1. The van der Waals surface area contributed by atoms with Gasteiger partial charge in [0, 0.05) is 0 Å². The number of rotatable bonds is 4. The maximum absolute atomic E-state index is 10.9. The van der Waals surface area contributed by atoms with Crippen LogP contribution in [0.15, 0.2) is 43.0 Å². The number of hydrogen-bond acceptors (Lipinski definition) is 2. The molecule has 1 aromatic carbocycles. The normalized spacial score (nSPS) is 9.23. The lowest BCUT2D eigenvalue weighted by atomic mass is 10.2. The molecule has 0 amide bonds. The zero-order chi connectivity index (χ0) is 9.52. The first-order valence-corrected chi connectivity index (χ1v) is 3.99. The van der Waals surface area contributed by atoms with Crippen LogP contribution in [0.5, 0.6) is 0 Å². The third kappa shape index (κ3) is 3.56. The summed E-state index contributed by atoms with van der Waals surface area (Å²) < 4.78 is 4.90. The van der Waals surface area contributed by atoms with E-state index in [0.717, 1.165) is 5.56 Å². The molecule has 0 heterocycles. The van der Waals surface area contributed by atoms with Crippen molar-refractivity contribution >= 4 is 5.97 Å². The van der Waals surface area contributed by atoms with Crippen molar-refractivity contribution in [3.63, 3.8) is 0 Å². The molecule has 0 saturated heterocycles. The van der Waals surface area contributed by atoms with Crippen LogP contribution in [0.1, 0.15) is 5.56 Å². The van der Waals surface area contributed by atoms with Gasteiger partial charge in [-0.1, -0.05) is 36.4 Å². The van der Waals surface area contributed by atoms with Gasteiger partial charge in [-0.05, 0) is 5.56 Å². The average molecular weight is 175 g/mol. The summed E-state index contributed by atoms with van der Waals surface area (Å²) in [5, 5.41) is 0. The Morgan fingerprint density at radius 2 is 2.08 bits per heavy atom. The molecule has 0 aliphatic carbocycles. The highest BCUT2D eigenvalue weighted by molar-refractivity contribution is 5.81. The van der Waals surface area contributed by atoms with Crippen molar-refractivity contribution in [2.75, 3.05) is 0 Å². The van der Waals surface area contributed by atoms with Crippen molar-refractivity contribution in [3.05, 3.63) is 55.0 Å². The number of esters is 1. The first kappa shape index (κ1) is 9.52. The molecule has 0 aromatic heterocycles. The Morgan fingerprint density at radius 3 is 2.69 bits per heavy atom. The van der Waals surface area contributed by atoms with Gasteiger partial charge in [0.2, 0.25) is 0 Å². The number of carbonyl (C=O) groups excluding carboxylic acids is 1. The lowest BCUT2D eigenvalue weighted by Gasteiger charge is -2.01. The standard InChI is InChI=1S/C11H11O2/c1-2-6-11(12)13-9-10-7-4-3-5-8-10/h2-8H,1,9H2. The molecule has 0 bridgehead atoms. The summed E-state index contributed by atoms with van der Waals surface area (Å²) in [7, 11) is 0. The van der Waals surface area contributed by atoms with Crippen LogP contribution >= 0.6 is 0 Å². The maximum Gasteiger partial charge on any atom is 0.314 e. The second-order valence-electron chi connectivity index (χ2n) is 2.50. The molecule has 13 heavy (non-hydrogen) atoms. The van der Waals surface area contributed by atoms with Gasteiger partial charge in [-0.3, -0.25) is 4.79 Å². The summed E-state index contributed by atoms with van der Waals surface area (Å²) in [5.74, 6) is -0.362. The van der Waals surface area contributed by atoms with E-state index in [1.807, 2.05) is 30.3 Å². The first-order valence-electron chi connectivity index (χ1n) is 3.99. The Balaban J connectivity index is 2.35. The number of carbonyl (C=O) groups is 1. The van der Waals surface area contributed by atoms with E-state index in [9.17, 15) is 4.79 Å². The van der Waals surface area contributed by atoms with Gasteiger partial charge >= 0.3 is 5.97 Å². The van der Waals surface area contributed by atoms with Crippen LogP contribution in [0.25, 0.3) is 0 Å². The number of hydrogen-bond donors (Lipinski definition) is 0. The number of benzene rings is 1. The highest BCUT2D eigenvalue weighted by Crippen LogP contribution is 2.01. The molecule has 0 aliphatic heterocycles. The van der Waals surface area contributed by atoms with E-state index in [1.54, 1.807) is 0 Å². The topological polar surface area (TPSA) is 26.3 Å². The molecule has 0 atom stereocenters. The molecule has 2 nitrogen and oxygen atoms in total. The third-order valence-electron chi connectivity index (χ3n) is 1.48. The van der Waals surface area contributed by atoms with Crippen LogP contribution in [0, 0.1) is 6.42 Å². The highest BCUT2D eigenvalue weighted by atomic mass is 16.5. The predicted molar refractivity (Wildman–Crippen MR) is 50.7 cm³/mol. The summed E-state index contributed by atoms with van der Waals surface area (Å²) in [5.41, 5.74) is 0.980. The Hall–Kier alpha value is -1.57. The second kappa shape index (κ2) is 5.14. The average Bonchev–Trinajstić information content (AvgIpc) is 2.17. The van der Waals surface area contributed by atoms with E-state index < -0.39 is 0 Å². The predicted octanol–water partition coefficient (Wildman–Crippen LogP) is 2.12. The lowest BCUT2D eigenvalue weighted by molar-refractivity contribution is -0.140. The van der Waals surface area contributed by atoms with E-state index >= 15 is 0 Å². The fraction of sp³-hybridized carbons (Fsp3) is 0.0909. The molecule has 0 saturated carbocycles. The molecule has 0 N–H and O–H groups in total. The minimum Gasteiger partial charge on any atom is -0.460 e. The Bertz CT molecular complexity index is 277. The molecular weight excluding hydrogens is 164 g/mol. The van der Waals surface area contributed by atoms with Crippen molar-refractivity contribution in [2.24, 2.45) is 0 Å². The molecule has 67 valence electrons. The van der Waals surface area contributed by atoms with Gasteiger partial charge in [-0.15, -0.1) is 6.58 Å². The van der Waals surface area contributed by atoms with Crippen molar-refractivity contribution in [2.45, 2.75) is 6.61 Å².